The molecule has 0 aliphatic rings. The third kappa shape index (κ3) is 2.97. The summed E-state index contributed by atoms with van der Waals surface area (Å²) in [7, 11) is 1.67. The highest BCUT2D eigenvalue weighted by Crippen LogP contribution is 2.27. The standard InChI is InChI=1S/C13H15N3O2S/c1-9-11(13(18)16(2)6-7-17)19-12(15-9)10-4-3-5-14-8-10/h3-5,8,17H,6-7H2,1-2H3. The number of aromatic nitrogens is 2. The summed E-state index contributed by atoms with van der Waals surface area (Å²) in [6.45, 7) is 2.09. The van der Waals surface area contributed by atoms with Crippen LogP contribution >= 0.6 is 11.3 Å². The number of hydrogen-bond donors (Lipinski definition) is 1. The van der Waals surface area contributed by atoms with Crippen molar-refractivity contribution in [2.24, 2.45) is 0 Å². The SMILES string of the molecule is Cc1nc(-c2cccnc2)sc1C(=O)N(C)CCO. The van der Waals surface area contributed by atoms with Crippen molar-refractivity contribution in [3.8, 4) is 10.6 Å². The number of hydrogen-bond acceptors (Lipinski definition) is 5. The van der Waals surface area contributed by atoms with Crippen molar-refractivity contribution in [1.82, 2.24) is 14.9 Å². The van der Waals surface area contributed by atoms with Gasteiger partial charge in [-0.3, -0.25) is 9.78 Å². The number of thiazole rings is 1. The zero-order valence-electron chi connectivity index (χ0n) is 10.8. The average Bonchev–Trinajstić information content (AvgIpc) is 2.81. The maximum absolute atomic E-state index is 12.2. The molecule has 0 saturated carbocycles. The van der Waals surface area contributed by atoms with Crippen LogP contribution in [0, 0.1) is 6.92 Å². The molecule has 0 saturated heterocycles. The third-order valence-electron chi connectivity index (χ3n) is 2.68. The molecule has 0 fully saturated rings. The molecule has 1 amide bonds. The van der Waals surface area contributed by atoms with Gasteiger partial charge >= 0.3 is 0 Å². The maximum atomic E-state index is 12.2. The number of carbonyl (C=O) groups is 1. The van der Waals surface area contributed by atoms with Crippen molar-refractivity contribution in [3.05, 3.63) is 35.1 Å². The highest BCUT2D eigenvalue weighted by molar-refractivity contribution is 7.17. The number of amides is 1. The fourth-order valence-corrected chi connectivity index (χ4v) is 2.68. The van der Waals surface area contributed by atoms with Crippen LogP contribution in [-0.4, -0.2) is 46.1 Å². The molecule has 6 heteroatoms. The maximum Gasteiger partial charge on any atom is 0.265 e. The van der Waals surface area contributed by atoms with Crippen molar-refractivity contribution in [2.75, 3.05) is 20.2 Å². The second-order valence-corrected chi connectivity index (χ2v) is 5.12. The van der Waals surface area contributed by atoms with Crippen molar-refractivity contribution in [2.45, 2.75) is 6.92 Å². The predicted molar refractivity (Wildman–Crippen MR) is 74.1 cm³/mol. The largest absolute Gasteiger partial charge is 0.395 e. The lowest BCUT2D eigenvalue weighted by Gasteiger charge is -2.14. The lowest BCUT2D eigenvalue weighted by atomic mass is 10.3. The van der Waals surface area contributed by atoms with Crippen molar-refractivity contribution in [3.63, 3.8) is 0 Å². The second kappa shape index (κ2) is 5.90. The van der Waals surface area contributed by atoms with Gasteiger partial charge in [-0.25, -0.2) is 4.98 Å². The Labute approximate surface area is 115 Å². The molecule has 0 unspecified atom stereocenters. The summed E-state index contributed by atoms with van der Waals surface area (Å²) in [5.41, 5.74) is 1.61. The minimum atomic E-state index is -0.112. The molecule has 5 nitrogen and oxygen atoms in total. The van der Waals surface area contributed by atoms with Crippen LogP contribution in [0.15, 0.2) is 24.5 Å². The Morgan fingerprint density at radius 3 is 2.95 bits per heavy atom. The molecule has 0 aliphatic carbocycles. The topological polar surface area (TPSA) is 66.3 Å². The Kier molecular flexibility index (Phi) is 4.24. The van der Waals surface area contributed by atoms with E-state index in [2.05, 4.69) is 9.97 Å². The fraction of sp³-hybridized carbons (Fsp3) is 0.308. The van der Waals surface area contributed by atoms with Crippen LogP contribution < -0.4 is 0 Å². The number of aryl methyl sites for hydroxylation is 1. The van der Waals surface area contributed by atoms with E-state index in [1.54, 1.807) is 19.4 Å². The molecule has 2 aromatic rings. The summed E-state index contributed by atoms with van der Waals surface area (Å²) in [5, 5.41) is 9.65. The van der Waals surface area contributed by atoms with Gasteiger partial charge in [-0.15, -0.1) is 11.3 Å². The number of aliphatic hydroxyl groups is 1. The first-order chi connectivity index (χ1) is 9.13. The van der Waals surface area contributed by atoms with E-state index < -0.39 is 0 Å². The van der Waals surface area contributed by atoms with E-state index in [4.69, 9.17) is 5.11 Å². The quantitative estimate of drug-likeness (QED) is 0.921. The van der Waals surface area contributed by atoms with Crippen LogP contribution in [0.4, 0.5) is 0 Å². The van der Waals surface area contributed by atoms with Crippen LogP contribution in [0.5, 0.6) is 0 Å². The van der Waals surface area contributed by atoms with Crippen LogP contribution in [0.1, 0.15) is 15.4 Å². The van der Waals surface area contributed by atoms with Crippen molar-refractivity contribution in [1.29, 1.82) is 0 Å². The fourth-order valence-electron chi connectivity index (χ4n) is 1.63. The van der Waals surface area contributed by atoms with Gasteiger partial charge in [0.25, 0.3) is 5.91 Å². The summed E-state index contributed by atoms with van der Waals surface area (Å²) in [6, 6.07) is 3.75. The van der Waals surface area contributed by atoms with E-state index in [9.17, 15) is 4.79 Å². The molecule has 2 heterocycles. The lowest BCUT2D eigenvalue weighted by molar-refractivity contribution is 0.0771. The van der Waals surface area contributed by atoms with Gasteiger partial charge in [0.05, 0.1) is 12.3 Å². The number of rotatable bonds is 4. The molecule has 2 rings (SSSR count). The van der Waals surface area contributed by atoms with Gasteiger partial charge in [0, 0.05) is 31.5 Å². The first-order valence-corrected chi connectivity index (χ1v) is 6.69. The number of pyridine rings is 1. The van der Waals surface area contributed by atoms with Crippen molar-refractivity contribution >= 4 is 17.2 Å². The molecule has 0 spiro atoms. The van der Waals surface area contributed by atoms with E-state index in [-0.39, 0.29) is 12.5 Å². The van der Waals surface area contributed by atoms with Crippen LogP contribution in [-0.2, 0) is 0 Å². The molecule has 1 N–H and O–H groups in total. The van der Waals surface area contributed by atoms with E-state index >= 15 is 0 Å². The van der Waals surface area contributed by atoms with Crippen LogP contribution in [0.3, 0.4) is 0 Å². The number of carbonyl (C=O) groups excluding carboxylic acids is 1. The smallest absolute Gasteiger partial charge is 0.265 e. The molecule has 0 radical (unpaired) electrons. The second-order valence-electron chi connectivity index (χ2n) is 4.13. The normalized spacial score (nSPS) is 10.5. The molecular formula is C13H15N3O2S. The van der Waals surface area contributed by atoms with E-state index in [1.807, 2.05) is 19.1 Å². The van der Waals surface area contributed by atoms with Gasteiger partial charge in [-0.1, -0.05) is 0 Å². The van der Waals surface area contributed by atoms with Gasteiger partial charge in [-0.2, -0.15) is 0 Å². The Bertz CT molecular complexity index is 569. The number of nitrogens with zero attached hydrogens (tertiary/aromatic N) is 3. The Morgan fingerprint density at radius 2 is 2.32 bits per heavy atom. The van der Waals surface area contributed by atoms with Crippen LogP contribution in [0.25, 0.3) is 10.6 Å². The molecule has 0 aliphatic heterocycles. The van der Waals surface area contributed by atoms with Gasteiger partial charge in [-0.05, 0) is 19.1 Å². The summed E-state index contributed by atoms with van der Waals surface area (Å²) in [5.74, 6) is -0.112. The lowest BCUT2D eigenvalue weighted by Crippen LogP contribution is -2.29. The zero-order chi connectivity index (χ0) is 13.8. The van der Waals surface area contributed by atoms with Gasteiger partial charge in [0.2, 0.25) is 0 Å². The van der Waals surface area contributed by atoms with E-state index in [1.165, 1.54) is 16.2 Å². The third-order valence-corrected chi connectivity index (χ3v) is 3.88. The summed E-state index contributed by atoms with van der Waals surface area (Å²) >= 11 is 1.35. The van der Waals surface area contributed by atoms with E-state index in [0.717, 1.165) is 10.6 Å². The van der Waals surface area contributed by atoms with E-state index in [0.29, 0.717) is 17.1 Å². The summed E-state index contributed by atoms with van der Waals surface area (Å²) in [6.07, 6.45) is 3.43. The van der Waals surface area contributed by atoms with Crippen LogP contribution in [0.2, 0.25) is 0 Å². The minimum absolute atomic E-state index is 0.0461. The average molecular weight is 277 g/mol. The highest BCUT2D eigenvalue weighted by atomic mass is 32.1. The first-order valence-electron chi connectivity index (χ1n) is 5.87. The van der Waals surface area contributed by atoms with Crippen molar-refractivity contribution < 1.29 is 9.90 Å². The molecule has 0 atom stereocenters. The Hall–Kier alpha value is -1.79. The predicted octanol–water partition coefficient (Wildman–Crippen LogP) is 1.58. The Morgan fingerprint density at radius 1 is 1.53 bits per heavy atom. The Balaban J connectivity index is 2.29. The van der Waals surface area contributed by atoms with Gasteiger partial charge in [0.1, 0.15) is 9.88 Å². The first kappa shape index (κ1) is 13.6. The van der Waals surface area contributed by atoms with Gasteiger partial charge in [0.15, 0.2) is 0 Å². The molecule has 0 aromatic carbocycles. The highest BCUT2D eigenvalue weighted by Gasteiger charge is 2.19. The molecule has 100 valence electrons. The number of aliphatic hydroxyl groups excluding tert-OH is 1. The zero-order valence-corrected chi connectivity index (χ0v) is 11.6. The monoisotopic (exact) mass is 277 g/mol. The molecule has 19 heavy (non-hydrogen) atoms. The molecule has 2 aromatic heterocycles. The van der Waals surface area contributed by atoms with Gasteiger partial charge < -0.3 is 10.0 Å². The summed E-state index contributed by atoms with van der Waals surface area (Å²) < 4.78 is 0. The molecular weight excluding hydrogens is 262 g/mol. The number of likely N-dealkylation sites (N-methyl/N-ethyl adjacent to an activating group) is 1. The summed E-state index contributed by atoms with van der Waals surface area (Å²) in [4.78, 5) is 22.7. The molecule has 0 bridgehead atoms. The minimum Gasteiger partial charge on any atom is -0.395 e.